The first-order valence-corrected chi connectivity index (χ1v) is 13.5. The van der Waals surface area contributed by atoms with E-state index < -0.39 is 19.2 Å². The van der Waals surface area contributed by atoms with E-state index in [9.17, 15) is 8.42 Å². The van der Waals surface area contributed by atoms with E-state index in [0.717, 1.165) is 19.3 Å². The highest BCUT2D eigenvalue weighted by atomic mass is 32.2. The summed E-state index contributed by atoms with van der Waals surface area (Å²) in [5.41, 5.74) is 0.461. The molecule has 140 valence electrons. The SMILES string of the molecule is C[SiH](C)OCS(=O)(=O)OCCCCCCCCCCC(C)(C)C. The minimum absolute atomic E-state index is 0.286. The number of hydrogen-bond acceptors (Lipinski definition) is 4. The van der Waals surface area contributed by atoms with Crippen LogP contribution in [0.5, 0.6) is 0 Å². The summed E-state index contributed by atoms with van der Waals surface area (Å²) < 4.78 is 33.2. The van der Waals surface area contributed by atoms with E-state index in [4.69, 9.17) is 8.61 Å². The van der Waals surface area contributed by atoms with E-state index in [1.165, 1.54) is 38.5 Å². The van der Waals surface area contributed by atoms with Crippen LogP contribution in [-0.4, -0.2) is 30.0 Å². The maximum Gasteiger partial charge on any atom is 0.290 e. The van der Waals surface area contributed by atoms with Gasteiger partial charge in [-0.3, -0.25) is 4.18 Å². The van der Waals surface area contributed by atoms with Crippen LogP contribution in [0.1, 0.15) is 78.6 Å². The van der Waals surface area contributed by atoms with Crippen molar-refractivity contribution in [1.82, 2.24) is 0 Å². The molecule has 0 radical (unpaired) electrons. The molecule has 0 bridgehead atoms. The first-order chi connectivity index (χ1) is 10.6. The zero-order valence-electron chi connectivity index (χ0n) is 15.9. The molecular weight excluding hydrogens is 328 g/mol. The molecule has 0 N–H and O–H groups in total. The zero-order chi connectivity index (χ0) is 17.8. The average Bonchev–Trinajstić information content (AvgIpc) is 2.41. The Morgan fingerprint density at radius 3 is 1.78 bits per heavy atom. The molecule has 0 aromatic heterocycles. The van der Waals surface area contributed by atoms with Crippen molar-refractivity contribution in [3.05, 3.63) is 0 Å². The van der Waals surface area contributed by atoms with Gasteiger partial charge in [0.25, 0.3) is 10.1 Å². The highest BCUT2D eigenvalue weighted by Gasteiger charge is 2.12. The fourth-order valence-corrected chi connectivity index (χ4v) is 4.45. The predicted octanol–water partition coefficient (Wildman–Crippen LogP) is 4.85. The normalized spacial score (nSPS) is 13.0. The fourth-order valence-electron chi connectivity index (χ4n) is 2.26. The molecular formula is C17H38O4SSi. The summed E-state index contributed by atoms with van der Waals surface area (Å²) in [4.78, 5) is 0. The lowest BCUT2D eigenvalue weighted by atomic mass is 9.89. The van der Waals surface area contributed by atoms with Gasteiger partial charge in [-0.15, -0.1) is 0 Å². The first kappa shape index (κ1) is 23.1. The Morgan fingerprint density at radius 1 is 0.826 bits per heavy atom. The van der Waals surface area contributed by atoms with Gasteiger partial charge in [-0.2, -0.15) is 8.42 Å². The van der Waals surface area contributed by atoms with Gasteiger partial charge in [-0.25, -0.2) is 0 Å². The third kappa shape index (κ3) is 18.3. The maximum absolute atomic E-state index is 11.5. The Bertz CT molecular complexity index is 375. The molecule has 0 unspecified atom stereocenters. The van der Waals surface area contributed by atoms with Gasteiger partial charge < -0.3 is 4.43 Å². The molecule has 6 heteroatoms. The maximum atomic E-state index is 11.5. The second-order valence-electron chi connectivity index (χ2n) is 7.85. The van der Waals surface area contributed by atoms with Crippen LogP contribution in [0.3, 0.4) is 0 Å². The summed E-state index contributed by atoms with van der Waals surface area (Å²) in [7, 11) is -4.79. The van der Waals surface area contributed by atoms with Crippen molar-refractivity contribution in [2.24, 2.45) is 5.41 Å². The van der Waals surface area contributed by atoms with Crippen molar-refractivity contribution in [3.63, 3.8) is 0 Å². The average molecular weight is 367 g/mol. The Kier molecular flexibility index (Phi) is 12.5. The Morgan fingerprint density at radius 2 is 1.30 bits per heavy atom. The molecule has 0 atom stereocenters. The van der Waals surface area contributed by atoms with Crippen molar-refractivity contribution in [2.75, 3.05) is 12.5 Å². The van der Waals surface area contributed by atoms with Gasteiger partial charge in [-0.05, 0) is 31.4 Å². The Labute approximate surface area is 146 Å². The lowest BCUT2D eigenvalue weighted by Crippen LogP contribution is -2.19. The Hall–Kier alpha value is 0.0869. The van der Waals surface area contributed by atoms with Gasteiger partial charge in [-0.1, -0.05) is 65.7 Å². The van der Waals surface area contributed by atoms with Crippen LogP contribution in [-0.2, 0) is 18.7 Å². The van der Waals surface area contributed by atoms with Crippen LogP contribution < -0.4 is 0 Å². The van der Waals surface area contributed by atoms with Gasteiger partial charge in [0.2, 0.25) is 0 Å². The van der Waals surface area contributed by atoms with E-state index >= 15 is 0 Å². The van der Waals surface area contributed by atoms with E-state index in [-0.39, 0.29) is 12.5 Å². The standard InChI is InChI=1S/C17H38O4SSi/c1-17(2,3)14-12-10-8-6-7-9-11-13-15-20-22(18,19)16-21-23(4)5/h23H,6-16H2,1-5H3. The van der Waals surface area contributed by atoms with Gasteiger partial charge in [0.05, 0.1) is 6.61 Å². The van der Waals surface area contributed by atoms with Crippen LogP contribution in [0.2, 0.25) is 13.1 Å². The zero-order valence-corrected chi connectivity index (χ0v) is 17.9. The summed E-state index contributed by atoms with van der Waals surface area (Å²) in [6, 6.07) is 0. The Balaban J connectivity index is 3.37. The minimum atomic E-state index is -3.48. The fraction of sp³-hybridized carbons (Fsp3) is 1.00. The number of rotatable bonds is 14. The molecule has 0 saturated carbocycles. The van der Waals surface area contributed by atoms with Gasteiger partial charge in [0.15, 0.2) is 15.0 Å². The van der Waals surface area contributed by atoms with Crippen molar-refractivity contribution in [2.45, 2.75) is 91.7 Å². The minimum Gasteiger partial charge on any atom is -0.405 e. The highest BCUT2D eigenvalue weighted by Crippen LogP contribution is 2.22. The molecule has 0 amide bonds. The molecule has 0 heterocycles. The molecule has 0 aliphatic heterocycles. The predicted molar refractivity (Wildman–Crippen MR) is 101 cm³/mol. The topological polar surface area (TPSA) is 52.6 Å². The first-order valence-electron chi connectivity index (χ1n) is 9.11. The van der Waals surface area contributed by atoms with Crippen LogP contribution in [0, 0.1) is 5.41 Å². The van der Waals surface area contributed by atoms with Crippen molar-refractivity contribution in [1.29, 1.82) is 0 Å². The lowest BCUT2D eigenvalue weighted by molar-refractivity contribution is 0.281. The molecule has 0 aromatic rings. The summed E-state index contributed by atoms with van der Waals surface area (Å²) in [6.45, 7) is 11.1. The van der Waals surface area contributed by atoms with Crippen LogP contribution >= 0.6 is 0 Å². The molecule has 0 saturated heterocycles. The second-order valence-corrected chi connectivity index (χ2v) is 11.9. The number of hydrogen-bond donors (Lipinski definition) is 0. The third-order valence-corrected chi connectivity index (χ3v) is 5.66. The van der Waals surface area contributed by atoms with Crippen LogP contribution in [0.25, 0.3) is 0 Å². The van der Waals surface area contributed by atoms with Crippen LogP contribution in [0.4, 0.5) is 0 Å². The molecule has 4 nitrogen and oxygen atoms in total. The molecule has 0 rings (SSSR count). The molecule has 0 spiro atoms. The van der Waals surface area contributed by atoms with E-state index in [1.54, 1.807) is 0 Å². The van der Waals surface area contributed by atoms with Crippen molar-refractivity contribution < 1.29 is 17.0 Å². The van der Waals surface area contributed by atoms with Gasteiger partial charge in [0.1, 0.15) is 0 Å². The monoisotopic (exact) mass is 366 g/mol. The van der Waals surface area contributed by atoms with E-state index in [2.05, 4.69) is 20.8 Å². The van der Waals surface area contributed by atoms with Crippen molar-refractivity contribution >= 4 is 19.2 Å². The lowest BCUT2D eigenvalue weighted by Gasteiger charge is -2.17. The summed E-state index contributed by atoms with van der Waals surface area (Å²) >= 11 is 0. The largest absolute Gasteiger partial charge is 0.405 e. The molecule has 0 aromatic carbocycles. The van der Waals surface area contributed by atoms with Crippen LogP contribution in [0.15, 0.2) is 0 Å². The summed E-state index contributed by atoms with van der Waals surface area (Å²) in [5.74, 6) is -0.286. The van der Waals surface area contributed by atoms with Gasteiger partial charge in [0, 0.05) is 0 Å². The molecule has 0 aliphatic rings. The summed E-state index contributed by atoms with van der Waals surface area (Å²) in [5, 5.41) is 0. The quantitative estimate of drug-likeness (QED) is 0.250. The van der Waals surface area contributed by atoms with E-state index in [0.29, 0.717) is 5.41 Å². The highest BCUT2D eigenvalue weighted by molar-refractivity contribution is 7.86. The number of unbranched alkanes of at least 4 members (excludes halogenated alkanes) is 7. The molecule has 23 heavy (non-hydrogen) atoms. The third-order valence-electron chi connectivity index (χ3n) is 3.63. The van der Waals surface area contributed by atoms with Crippen molar-refractivity contribution in [3.8, 4) is 0 Å². The summed E-state index contributed by atoms with van der Waals surface area (Å²) in [6.07, 6.45) is 10.8. The molecule has 0 fully saturated rings. The molecule has 0 aliphatic carbocycles. The van der Waals surface area contributed by atoms with Gasteiger partial charge >= 0.3 is 0 Å². The van der Waals surface area contributed by atoms with E-state index in [1.807, 2.05) is 13.1 Å². The second kappa shape index (κ2) is 12.4. The smallest absolute Gasteiger partial charge is 0.290 e.